The molecular formula is C15H14N2O5. The summed E-state index contributed by atoms with van der Waals surface area (Å²) in [6.45, 7) is 0.603. The predicted octanol–water partition coefficient (Wildman–Crippen LogP) is 1.15. The van der Waals surface area contributed by atoms with Crippen molar-refractivity contribution >= 4 is 29.1 Å². The third-order valence-corrected chi connectivity index (χ3v) is 3.33. The van der Waals surface area contributed by atoms with E-state index >= 15 is 0 Å². The van der Waals surface area contributed by atoms with E-state index in [1.807, 2.05) is 18.2 Å². The van der Waals surface area contributed by atoms with Crippen LogP contribution in [0.15, 0.2) is 34.8 Å². The Bertz CT molecular complexity index is 703. The number of carbonyl (C=O) groups is 2. The van der Waals surface area contributed by atoms with Gasteiger partial charge in [-0.2, -0.15) is 0 Å². The molecule has 1 saturated heterocycles. The molecule has 0 aliphatic carbocycles. The number of amides is 1. The third kappa shape index (κ3) is 2.99. The summed E-state index contributed by atoms with van der Waals surface area (Å²) < 4.78 is 10.6. The smallest absolute Gasteiger partial charge is 0.334 e. The summed E-state index contributed by atoms with van der Waals surface area (Å²) in [6, 6.07) is 7.30. The number of carboxylic acids is 1. The van der Waals surface area contributed by atoms with Gasteiger partial charge in [-0.25, -0.2) is 9.78 Å². The van der Waals surface area contributed by atoms with E-state index in [-0.39, 0.29) is 19.1 Å². The van der Waals surface area contributed by atoms with Gasteiger partial charge in [0.05, 0.1) is 13.2 Å². The maximum absolute atomic E-state index is 12.1. The highest BCUT2D eigenvalue weighted by molar-refractivity contribution is 5.92. The lowest BCUT2D eigenvalue weighted by molar-refractivity contribution is -0.158. The molecule has 0 spiro atoms. The highest BCUT2D eigenvalue weighted by Crippen LogP contribution is 2.15. The molecule has 0 saturated carbocycles. The summed E-state index contributed by atoms with van der Waals surface area (Å²) in [4.78, 5) is 28.6. The van der Waals surface area contributed by atoms with Gasteiger partial charge in [-0.15, -0.1) is 0 Å². The van der Waals surface area contributed by atoms with Crippen LogP contribution in [0.4, 0.5) is 0 Å². The van der Waals surface area contributed by atoms with Crippen molar-refractivity contribution in [3.05, 3.63) is 36.2 Å². The molecule has 2 aromatic rings. The van der Waals surface area contributed by atoms with E-state index in [9.17, 15) is 9.59 Å². The first kappa shape index (κ1) is 14.3. The number of hydrogen-bond donors (Lipinski definition) is 1. The lowest BCUT2D eigenvalue weighted by atomic mass is 10.2. The van der Waals surface area contributed by atoms with Crippen molar-refractivity contribution in [1.29, 1.82) is 0 Å². The van der Waals surface area contributed by atoms with Gasteiger partial charge in [-0.1, -0.05) is 12.1 Å². The van der Waals surface area contributed by atoms with Gasteiger partial charge in [0.1, 0.15) is 5.52 Å². The van der Waals surface area contributed by atoms with E-state index in [0.29, 0.717) is 23.5 Å². The molecule has 1 N–H and O–H groups in total. The van der Waals surface area contributed by atoms with E-state index < -0.39 is 12.1 Å². The van der Waals surface area contributed by atoms with Crippen LogP contribution in [0.1, 0.15) is 5.89 Å². The fourth-order valence-electron chi connectivity index (χ4n) is 2.21. The van der Waals surface area contributed by atoms with Crippen LogP contribution in [0, 0.1) is 0 Å². The number of benzene rings is 1. The molecule has 1 fully saturated rings. The molecule has 1 atom stereocenters. The first-order valence-corrected chi connectivity index (χ1v) is 6.80. The maximum Gasteiger partial charge on any atom is 0.334 e. The minimum atomic E-state index is -1.07. The standard InChI is InChI=1S/C15H14N2O5/c18-14(17-7-8-21-12(9-17)15(19)20)6-5-13-16-10-3-1-2-4-11(10)22-13/h1-6,12H,7-9H2,(H,19,20). The monoisotopic (exact) mass is 302 g/mol. The topological polar surface area (TPSA) is 92.9 Å². The Hall–Kier alpha value is -2.67. The molecule has 2 heterocycles. The van der Waals surface area contributed by atoms with Gasteiger partial charge < -0.3 is 19.2 Å². The molecular weight excluding hydrogens is 288 g/mol. The van der Waals surface area contributed by atoms with E-state index in [1.165, 1.54) is 17.1 Å². The molecule has 7 nitrogen and oxygen atoms in total. The van der Waals surface area contributed by atoms with E-state index in [2.05, 4.69) is 4.98 Å². The number of morpholine rings is 1. The summed E-state index contributed by atoms with van der Waals surface area (Å²) in [7, 11) is 0. The number of aliphatic carboxylic acids is 1. The second-order valence-electron chi connectivity index (χ2n) is 4.84. The van der Waals surface area contributed by atoms with E-state index in [1.54, 1.807) is 6.07 Å². The van der Waals surface area contributed by atoms with Crippen LogP contribution < -0.4 is 0 Å². The van der Waals surface area contributed by atoms with Gasteiger partial charge in [-0.3, -0.25) is 4.79 Å². The van der Waals surface area contributed by atoms with Gasteiger partial charge in [0.15, 0.2) is 11.7 Å². The number of fused-ring (bicyclic) bond motifs is 1. The molecule has 1 amide bonds. The molecule has 22 heavy (non-hydrogen) atoms. The average molecular weight is 302 g/mol. The minimum absolute atomic E-state index is 0.0338. The number of carboxylic acid groups (broad SMARTS) is 1. The second-order valence-corrected chi connectivity index (χ2v) is 4.84. The van der Waals surface area contributed by atoms with Crippen molar-refractivity contribution in [2.45, 2.75) is 6.10 Å². The van der Waals surface area contributed by atoms with Gasteiger partial charge in [-0.05, 0) is 12.1 Å². The number of carbonyl (C=O) groups excluding carboxylic acids is 1. The Morgan fingerprint density at radius 3 is 2.95 bits per heavy atom. The molecule has 1 aliphatic heterocycles. The summed E-state index contributed by atoms with van der Waals surface area (Å²) in [6.07, 6.45) is 1.83. The van der Waals surface area contributed by atoms with Gasteiger partial charge in [0.25, 0.3) is 0 Å². The maximum atomic E-state index is 12.1. The normalized spacial score (nSPS) is 18.9. The molecule has 3 rings (SSSR count). The third-order valence-electron chi connectivity index (χ3n) is 3.33. The summed E-state index contributed by atoms with van der Waals surface area (Å²) in [5.74, 6) is -1.03. The minimum Gasteiger partial charge on any atom is -0.479 e. The van der Waals surface area contributed by atoms with E-state index in [4.69, 9.17) is 14.3 Å². The first-order valence-electron chi connectivity index (χ1n) is 6.80. The van der Waals surface area contributed by atoms with Gasteiger partial charge in [0.2, 0.25) is 11.8 Å². The second kappa shape index (κ2) is 5.98. The van der Waals surface area contributed by atoms with Crippen molar-refractivity contribution in [2.75, 3.05) is 19.7 Å². The van der Waals surface area contributed by atoms with Gasteiger partial charge >= 0.3 is 5.97 Å². The van der Waals surface area contributed by atoms with Crippen LogP contribution in [-0.4, -0.2) is 52.7 Å². The van der Waals surface area contributed by atoms with Gasteiger partial charge in [0, 0.05) is 18.7 Å². The Labute approximate surface area is 125 Å². The fraction of sp³-hybridized carbons (Fsp3) is 0.267. The quantitative estimate of drug-likeness (QED) is 0.855. The van der Waals surface area contributed by atoms with Crippen LogP contribution in [0.3, 0.4) is 0 Å². The number of aromatic nitrogens is 1. The predicted molar refractivity (Wildman–Crippen MR) is 77.0 cm³/mol. The van der Waals surface area contributed by atoms with Crippen LogP contribution in [0.25, 0.3) is 17.2 Å². The fourth-order valence-corrected chi connectivity index (χ4v) is 2.21. The molecule has 0 radical (unpaired) electrons. The van der Waals surface area contributed by atoms with Crippen molar-refractivity contribution < 1.29 is 23.8 Å². The Morgan fingerprint density at radius 2 is 2.18 bits per heavy atom. The lowest BCUT2D eigenvalue weighted by Crippen LogP contribution is -2.48. The van der Waals surface area contributed by atoms with Crippen LogP contribution in [0.2, 0.25) is 0 Å². The Balaban J connectivity index is 1.69. The van der Waals surface area contributed by atoms with E-state index in [0.717, 1.165) is 0 Å². The highest BCUT2D eigenvalue weighted by Gasteiger charge is 2.27. The molecule has 7 heteroatoms. The largest absolute Gasteiger partial charge is 0.479 e. The van der Waals surface area contributed by atoms with Crippen molar-refractivity contribution in [1.82, 2.24) is 9.88 Å². The molecule has 1 aromatic carbocycles. The highest BCUT2D eigenvalue weighted by atomic mass is 16.5. The number of rotatable bonds is 3. The molecule has 1 unspecified atom stereocenters. The molecule has 114 valence electrons. The lowest BCUT2D eigenvalue weighted by Gasteiger charge is -2.29. The van der Waals surface area contributed by atoms with Crippen LogP contribution in [0.5, 0.6) is 0 Å². The average Bonchev–Trinajstić information content (AvgIpc) is 2.95. The Kier molecular flexibility index (Phi) is 3.88. The SMILES string of the molecule is O=C(O)C1CN(C(=O)C=Cc2nc3ccccc3o2)CCO1. The first-order chi connectivity index (χ1) is 10.6. The number of para-hydroxylation sites is 2. The zero-order chi connectivity index (χ0) is 15.5. The molecule has 1 aliphatic rings. The summed E-state index contributed by atoms with van der Waals surface area (Å²) in [5.41, 5.74) is 1.36. The zero-order valence-corrected chi connectivity index (χ0v) is 11.6. The van der Waals surface area contributed by atoms with Crippen molar-refractivity contribution in [3.8, 4) is 0 Å². The van der Waals surface area contributed by atoms with Crippen molar-refractivity contribution in [3.63, 3.8) is 0 Å². The molecule has 0 bridgehead atoms. The van der Waals surface area contributed by atoms with Crippen LogP contribution >= 0.6 is 0 Å². The number of ether oxygens (including phenoxy) is 1. The molecule has 1 aromatic heterocycles. The summed E-state index contributed by atoms with van der Waals surface area (Å²) in [5, 5.41) is 8.92. The number of oxazole rings is 1. The van der Waals surface area contributed by atoms with Crippen LogP contribution in [-0.2, 0) is 14.3 Å². The Morgan fingerprint density at radius 1 is 1.36 bits per heavy atom. The zero-order valence-electron chi connectivity index (χ0n) is 11.6. The summed E-state index contributed by atoms with van der Waals surface area (Å²) >= 11 is 0. The van der Waals surface area contributed by atoms with Crippen molar-refractivity contribution in [2.24, 2.45) is 0 Å². The number of nitrogens with zero attached hydrogens (tertiary/aromatic N) is 2. The number of hydrogen-bond acceptors (Lipinski definition) is 5.